The highest BCUT2D eigenvalue weighted by molar-refractivity contribution is 6.31. The highest BCUT2D eigenvalue weighted by Crippen LogP contribution is 2.28. The van der Waals surface area contributed by atoms with Crippen molar-refractivity contribution in [2.45, 2.75) is 13.5 Å². The van der Waals surface area contributed by atoms with Crippen LogP contribution >= 0.6 is 11.6 Å². The molecule has 0 bridgehead atoms. The van der Waals surface area contributed by atoms with Gasteiger partial charge in [-0.1, -0.05) is 41.4 Å². The van der Waals surface area contributed by atoms with Crippen LogP contribution < -0.4 is 0 Å². The van der Waals surface area contributed by atoms with Crippen LogP contribution in [0.5, 0.6) is 5.88 Å². The molecule has 1 heterocycles. The van der Waals surface area contributed by atoms with E-state index < -0.39 is 0 Å². The molecule has 1 aromatic heterocycles. The van der Waals surface area contributed by atoms with Crippen LogP contribution in [0.2, 0.25) is 5.02 Å². The van der Waals surface area contributed by atoms with E-state index in [1.807, 2.05) is 24.3 Å². The van der Waals surface area contributed by atoms with Crippen LogP contribution in [0.25, 0.3) is 10.9 Å². The SMILES string of the molecule is Cc1cccc(CN=Cc2c(O)[nH]c3ccc(Cl)cc23)c1. The number of nitrogens with zero attached hydrogens (tertiary/aromatic N) is 1. The molecule has 0 aliphatic rings. The number of hydrogen-bond donors (Lipinski definition) is 2. The van der Waals surface area contributed by atoms with Gasteiger partial charge >= 0.3 is 0 Å². The zero-order valence-corrected chi connectivity index (χ0v) is 12.4. The lowest BCUT2D eigenvalue weighted by Gasteiger charge is -1.98. The van der Waals surface area contributed by atoms with E-state index in [2.05, 4.69) is 29.0 Å². The van der Waals surface area contributed by atoms with Crippen LogP contribution in [0.3, 0.4) is 0 Å². The van der Waals surface area contributed by atoms with Gasteiger partial charge in [0.05, 0.1) is 12.1 Å². The van der Waals surface area contributed by atoms with Gasteiger partial charge in [0.1, 0.15) is 0 Å². The number of aliphatic imine (C=N–C) groups is 1. The third kappa shape index (κ3) is 2.93. The van der Waals surface area contributed by atoms with Gasteiger partial charge in [0, 0.05) is 22.1 Å². The molecule has 0 spiro atoms. The predicted molar refractivity (Wildman–Crippen MR) is 87.5 cm³/mol. The van der Waals surface area contributed by atoms with Crippen LogP contribution in [0, 0.1) is 6.92 Å². The van der Waals surface area contributed by atoms with Crippen LogP contribution in [-0.4, -0.2) is 16.3 Å². The molecule has 0 saturated heterocycles. The van der Waals surface area contributed by atoms with Crippen molar-refractivity contribution in [2.24, 2.45) is 4.99 Å². The van der Waals surface area contributed by atoms with Gasteiger partial charge in [-0.2, -0.15) is 0 Å². The minimum absolute atomic E-state index is 0.111. The smallest absolute Gasteiger partial charge is 0.198 e. The Morgan fingerprint density at radius 2 is 2.10 bits per heavy atom. The Hall–Kier alpha value is -2.26. The van der Waals surface area contributed by atoms with Crippen LogP contribution in [0.4, 0.5) is 0 Å². The molecule has 0 unspecified atom stereocenters. The Morgan fingerprint density at radius 1 is 1.24 bits per heavy atom. The van der Waals surface area contributed by atoms with E-state index in [0.717, 1.165) is 16.5 Å². The third-order valence-corrected chi connectivity index (χ3v) is 3.59. The summed E-state index contributed by atoms with van der Waals surface area (Å²) < 4.78 is 0. The van der Waals surface area contributed by atoms with E-state index in [1.54, 1.807) is 12.3 Å². The standard InChI is InChI=1S/C17H15ClN2O/c1-11-3-2-4-12(7-11)9-19-10-15-14-8-13(18)5-6-16(14)20-17(15)21/h2-8,10,20-21H,9H2,1H3. The van der Waals surface area contributed by atoms with E-state index in [0.29, 0.717) is 17.1 Å². The van der Waals surface area contributed by atoms with Gasteiger partial charge in [0.25, 0.3) is 0 Å². The summed E-state index contributed by atoms with van der Waals surface area (Å²) in [7, 11) is 0. The van der Waals surface area contributed by atoms with E-state index in [1.165, 1.54) is 5.56 Å². The van der Waals surface area contributed by atoms with Crippen molar-refractivity contribution < 1.29 is 5.11 Å². The maximum absolute atomic E-state index is 9.98. The number of hydrogen-bond acceptors (Lipinski definition) is 2. The summed E-state index contributed by atoms with van der Waals surface area (Å²) >= 11 is 6.01. The minimum atomic E-state index is 0.111. The number of H-pyrrole nitrogens is 1. The summed E-state index contributed by atoms with van der Waals surface area (Å²) in [5.41, 5.74) is 3.86. The molecule has 0 saturated carbocycles. The van der Waals surface area contributed by atoms with E-state index in [9.17, 15) is 5.11 Å². The fourth-order valence-electron chi connectivity index (χ4n) is 2.35. The lowest BCUT2D eigenvalue weighted by molar-refractivity contribution is 0.457. The molecular weight excluding hydrogens is 284 g/mol. The lowest BCUT2D eigenvalue weighted by Crippen LogP contribution is -1.85. The first-order valence-electron chi connectivity index (χ1n) is 6.69. The van der Waals surface area contributed by atoms with Crippen molar-refractivity contribution in [3.8, 4) is 5.88 Å². The number of aromatic hydroxyl groups is 1. The highest BCUT2D eigenvalue weighted by atomic mass is 35.5. The van der Waals surface area contributed by atoms with Gasteiger partial charge < -0.3 is 10.1 Å². The van der Waals surface area contributed by atoms with Crippen molar-refractivity contribution in [3.05, 3.63) is 64.2 Å². The van der Waals surface area contributed by atoms with Crippen LogP contribution in [0.15, 0.2) is 47.5 Å². The highest BCUT2D eigenvalue weighted by Gasteiger charge is 2.08. The maximum Gasteiger partial charge on any atom is 0.198 e. The number of nitrogens with one attached hydrogen (secondary N) is 1. The number of fused-ring (bicyclic) bond motifs is 1. The molecule has 3 rings (SSSR count). The van der Waals surface area contributed by atoms with Gasteiger partial charge in [-0.15, -0.1) is 0 Å². The Labute approximate surface area is 127 Å². The number of rotatable bonds is 3. The largest absolute Gasteiger partial charge is 0.494 e. The van der Waals surface area contributed by atoms with Crippen molar-refractivity contribution in [3.63, 3.8) is 0 Å². The van der Waals surface area contributed by atoms with Gasteiger partial charge in [-0.25, -0.2) is 0 Å². The molecule has 3 aromatic rings. The number of benzene rings is 2. The first kappa shape index (κ1) is 13.7. The molecule has 2 N–H and O–H groups in total. The van der Waals surface area contributed by atoms with E-state index in [-0.39, 0.29) is 5.88 Å². The molecule has 0 fully saturated rings. The second-order valence-electron chi connectivity index (χ2n) is 5.04. The second kappa shape index (κ2) is 5.62. The maximum atomic E-state index is 9.98. The molecule has 0 amide bonds. The van der Waals surface area contributed by atoms with Gasteiger partial charge in [-0.05, 0) is 30.7 Å². The molecule has 0 aliphatic carbocycles. The summed E-state index contributed by atoms with van der Waals surface area (Å²) in [6, 6.07) is 13.7. The van der Waals surface area contributed by atoms with Crippen molar-refractivity contribution in [1.82, 2.24) is 4.98 Å². The Kier molecular flexibility index (Phi) is 3.67. The summed E-state index contributed by atoms with van der Waals surface area (Å²) in [6.45, 7) is 2.63. The van der Waals surface area contributed by atoms with E-state index >= 15 is 0 Å². The molecule has 4 heteroatoms. The topological polar surface area (TPSA) is 48.4 Å². The third-order valence-electron chi connectivity index (χ3n) is 3.36. The molecule has 21 heavy (non-hydrogen) atoms. The summed E-state index contributed by atoms with van der Waals surface area (Å²) in [6.07, 6.45) is 1.69. The zero-order chi connectivity index (χ0) is 14.8. The van der Waals surface area contributed by atoms with Gasteiger partial charge in [-0.3, -0.25) is 4.99 Å². The number of aromatic amines is 1. The number of aryl methyl sites for hydroxylation is 1. The fourth-order valence-corrected chi connectivity index (χ4v) is 2.53. The number of halogens is 1. The van der Waals surface area contributed by atoms with E-state index in [4.69, 9.17) is 11.6 Å². The summed E-state index contributed by atoms with van der Waals surface area (Å²) in [5.74, 6) is 0.111. The quantitative estimate of drug-likeness (QED) is 0.689. The Bertz CT molecular complexity index is 821. The molecule has 3 nitrogen and oxygen atoms in total. The molecule has 0 radical (unpaired) electrons. The molecule has 0 aliphatic heterocycles. The minimum Gasteiger partial charge on any atom is -0.494 e. The van der Waals surface area contributed by atoms with Gasteiger partial charge in [0.15, 0.2) is 5.88 Å². The number of aromatic nitrogens is 1. The average Bonchev–Trinajstić information content (AvgIpc) is 2.75. The van der Waals surface area contributed by atoms with Crippen molar-refractivity contribution in [2.75, 3.05) is 0 Å². The normalized spacial score (nSPS) is 11.5. The zero-order valence-electron chi connectivity index (χ0n) is 11.6. The lowest BCUT2D eigenvalue weighted by atomic mass is 10.1. The molecule has 106 valence electrons. The Morgan fingerprint density at radius 3 is 2.90 bits per heavy atom. The predicted octanol–water partition coefficient (Wildman–Crippen LogP) is 4.45. The monoisotopic (exact) mass is 298 g/mol. The fraction of sp³-hybridized carbons (Fsp3) is 0.118. The average molecular weight is 299 g/mol. The second-order valence-corrected chi connectivity index (χ2v) is 5.47. The summed E-state index contributed by atoms with van der Waals surface area (Å²) in [4.78, 5) is 7.34. The Balaban J connectivity index is 1.89. The summed E-state index contributed by atoms with van der Waals surface area (Å²) in [5, 5.41) is 11.5. The molecule has 2 aromatic carbocycles. The van der Waals surface area contributed by atoms with Crippen LogP contribution in [-0.2, 0) is 6.54 Å². The van der Waals surface area contributed by atoms with Crippen LogP contribution in [0.1, 0.15) is 16.7 Å². The van der Waals surface area contributed by atoms with Crippen molar-refractivity contribution in [1.29, 1.82) is 0 Å². The first-order valence-corrected chi connectivity index (χ1v) is 7.07. The first-order chi connectivity index (χ1) is 10.1. The molecule has 0 atom stereocenters. The molecular formula is C17H15ClN2O. The van der Waals surface area contributed by atoms with Crippen molar-refractivity contribution >= 4 is 28.7 Å². The van der Waals surface area contributed by atoms with Gasteiger partial charge in [0.2, 0.25) is 0 Å².